The highest BCUT2D eigenvalue weighted by atomic mass is 19.4. The molecule has 0 spiro atoms. The van der Waals surface area contributed by atoms with E-state index in [-0.39, 0.29) is 17.6 Å². The molecule has 2 saturated heterocycles. The van der Waals surface area contributed by atoms with Gasteiger partial charge in [0.15, 0.2) is 11.5 Å². The lowest BCUT2D eigenvalue weighted by molar-refractivity contribution is -0.141. The molecular formula is C15H17F3N2O2. The SMILES string of the molecule is CN1C2COCC1CC(C(=O)c1cccnc1C(F)(F)F)C2. The Labute approximate surface area is 126 Å². The molecule has 0 amide bonds. The minimum Gasteiger partial charge on any atom is -0.378 e. The number of carbonyl (C=O) groups excluding carboxylic acids is 1. The Kier molecular flexibility index (Phi) is 3.94. The second-order valence-electron chi connectivity index (χ2n) is 5.94. The minimum atomic E-state index is -4.61. The van der Waals surface area contributed by atoms with Gasteiger partial charge in [0.05, 0.1) is 13.2 Å². The molecule has 0 N–H and O–H groups in total. The number of likely N-dealkylation sites (N-methyl/N-ethyl adjacent to an activating group) is 1. The molecule has 2 atom stereocenters. The summed E-state index contributed by atoms with van der Waals surface area (Å²) in [7, 11) is 1.98. The van der Waals surface area contributed by atoms with Gasteiger partial charge in [-0.2, -0.15) is 13.2 Å². The molecule has 3 rings (SSSR count). The van der Waals surface area contributed by atoms with Gasteiger partial charge in [-0.15, -0.1) is 0 Å². The van der Waals surface area contributed by atoms with Crippen molar-refractivity contribution in [2.45, 2.75) is 31.1 Å². The summed E-state index contributed by atoms with van der Waals surface area (Å²) in [6.07, 6.45) is -2.50. The second kappa shape index (κ2) is 5.62. The first-order chi connectivity index (χ1) is 10.4. The van der Waals surface area contributed by atoms with E-state index in [4.69, 9.17) is 4.74 Å². The van der Waals surface area contributed by atoms with Crippen LogP contribution in [0.25, 0.3) is 0 Å². The molecule has 0 radical (unpaired) electrons. The predicted molar refractivity (Wildman–Crippen MR) is 72.5 cm³/mol. The van der Waals surface area contributed by atoms with Gasteiger partial charge >= 0.3 is 6.18 Å². The number of ether oxygens (including phenoxy) is 1. The molecule has 7 heteroatoms. The van der Waals surface area contributed by atoms with Gasteiger partial charge in [0.1, 0.15) is 0 Å². The van der Waals surface area contributed by atoms with Gasteiger partial charge < -0.3 is 4.74 Å². The zero-order chi connectivity index (χ0) is 15.9. The lowest BCUT2D eigenvalue weighted by Gasteiger charge is -2.46. The van der Waals surface area contributed by atoms with Gasteiger partial charge in [-0.3, -0.25) is 14.7 Å². The minimum absolute atomic E-state index is 0.0902. The molecule has 3 heterocycles. The second-order valence-corrected chi connectivity index (χ2v) is 5.94. The number of rotatable bonds is 2. The summed E-state index contributed by atoms with van der Waals surface area (Å²) in [5, 5.41) is 0. The van der Waals surface area contributed by atoms with Crippen LogP contribution in [0.2, 0.25) is 0 Å². The zero-order valence-corrected chi connectivity index (χ0v) is 12.1. The van der Waals surface area contributed by atoms with Crippen LogP contribution >= 0.6 is 0 Å². The van der Waals surface area contributed by atoms with E-state index in [1.165, 1.54) is 12.1 Å². The molecule has 22 heavy (non-hydrogen) atoms. The van der Waals surface area contributed by atoms with Crippen molar-refractivity contribution in [1.82, 2.24) is 9.88 Å². The van der Waals surface area contributed by atoms with Crippen LogP contribution in [-0.4, -0.2) is 48.0 Å². The van der Waals surface area contributed by atoms with E-state index in [9.17, 15) is 18.0 Å². The van der Waals surface area contributed by atoms with Crippen LogP contribution in [0.5, 0.6) is 0 Å². The van der Waals surface area contributed by atoms with Crippen molar-refractivity contribution < 1.29 is 22.7 Å². The summed E-state index contributed by atoms with van der Waals surface area (Å²) in [6.45, 7) is 1.05. The van der Waals surface area contributed by atoms with Crippen molar-refractivity contribution in [2.75, 3.05) is 20.3 Å². The average molecular weight is 314 g/mol. The van der Waals surface area contributed by atoms with Gasteiger partial charge in [0.25, 0.3) is 0 Å². The van der Waals surface area contributed by atoms with Crippen molar-refractivity contribution in [3.63, 3.8) is 0 Å². The fraction of sp³-hybridized carbons (Fsp3) is 0.600. The number of fused-ring (bicyclic) bond motifs is 2. The van der Waals surface area contributed by atoms with Gasteiger partial charge in [-0.25, -0.2) is 0 Å². The number of Topliss-reactive ketones (excluding diaryl/α,β-unsaturated/α-hetero) is 1. The van der Waals surface area contributed by atoms with E-state index in [1.54, 1.807) is 0 Å². The molecule has 120 valence electrons. The Bertz CT molecular complexity index is 562. The van der Waals surface area contributed by atoms with Crippen LogP contribution in [0.1, 0.15) is 28.9 Å². The molecule has 0 aromatic carbocycles. The van der Waals surface area contributed by atoms with E-state index in [1.807, 2.05) is 7.05 Å². The first-order valence-corrected chi connectivity index (χ1v) is 7.24. The van der Waals surface area contributed by atoms with Crippen LogP contribution in [0.4, 0.5) is 13.2 Å². The summed E-state index contributed by atoms with van der Waals surface area (Å²) in [5.74, 6) is -0.856. The summed E-state index contributed by atoms with van der Waals surface area (Å²) in [6, 6.07) is 2.78. The lowest BCUT2D eigenvalue weighted by atomic mass is 9.80. The normalized spacial score (nSPS) is 29.4. The summed E-state index contributed by atoms with van der Waals surface area (Å²) in [5.41, 5.74) is -1.40. The van der Waals surface area contributed by atoms with Gasteiger partial charge in [-0.05, 0) is 32.0 Å². The van der Waals surface area contributed by atoms with E-state index >= 15 is 0 Å². The number of carbonyl (C=O) groups is 1. The number of ketones is 1. The van der Waals surface area contributed by atoms with Crippen molar-refractivity contribution in [1.29, 1.82) is 0 Å². The monoisotopic (exact) mass is 314 g/mol. The fourth-order valence-corrected chi connectivity index (χ4v) is 3.36. The van der Waals surface area contributed by atoms with Gasteiger partial charge in [-0.1, -0.05) is 0 Å². The Hall–Kier alpha value is -1.47. The Morgan fingerprint density at radius 2 is 1.95 bits per heavy atom. The van der Waals surface area contributed by atoms with Gasteiger partial charge in [0.2, 0.25) is 0 Å². The van der Waals surface area contributed by atoms with E-state index in [0.29, 0.717) is 26.1 Å². The van der Waals surface area contributed by atoms with E-state index in [0.717, 1.165) is 6.20 Å². The predicted octanol–water partition coefficient (Wildman–Crippen LogP) is 2.39. The number of pyridine rings is 1. The number of morpholine rings is 1. The molecule has 2 aliphatic rings. The Morgan fingerprint density at radius 1 is 1.32 bits per heavy atom. The first-order valence-electron chi connectivity index (χ1n) is 7.24. The number of hydrogen-bond donors (Lipinski definition) is 0. The van der Waals surface area contributed by atoms with Gasteiger partial charge in [0, 0.05) is 29.8 Å². The maximum atomic E-state index is 13.0. The molecule has 0 aliphatic carbocycles. The van der Waals surface area contributed by atoms with Crippen LogP contribution in [0.3, 0.4) is 0 Å². The smallest absolute Gasteiger partial charge is 0.378 e. The average Bonchev–Trinajstić information content (AvgIpc) is 2.45. The third-order valence-corrected chi connectivity index (χ3v) is 4.60. The molecule has 2 fully saturated rings. The first kappa shape index (κ1) is 15.4. The molecular weight excluding hydrogens is 297 g/mol. The maximum Gasteiger partial charge on any atom is 0.434 e. The molecule has 1 aromatic heterocycles. The van der Waals surface area contributed by atoms with E-state index in [2.05, 4.69) is 9.88 Å². The molecule has 2 unspecified atom stereocenters. The zero-order valence-electron chi connectivity index (χ0n) is 12.1. The molecule has 0 saturated carbocycles. The summed E-state index contributed by atoms with van der Waals surface area (Å²) < 4.78 is 44.6. The standard InChI is InChI=1S/C15H17F3N2O2/c1-20-10-5-9(6-11(20)8-22-7-10)13(21)12-3-2-4-19-14(12)15(16,17)18/h2-4,9-11H,5-8H2,1H3. The Balaban J connectivity index is 1.86. The van der Waals surface area contributed by atoms with Crippen LogP contribution in [-0.2, 0) is 10.9 Å². The quantitative estimate of drug-likeness (QED) is 0.786. The highest BCUT2D eigenvalue weighted by Gasteiger charge is 2.42. The van der Waals surface area contributed by atoms with Crippen LogP contribution in [0.15, 0.2) is 18.3 Å². The van der Waals surface area contributed by atoms with Crippen molar-refractivity contribution in [3.8, 4) is 0 Å². The van der Waals surface area contributed by atoms with Crippen molar-refractivity contribution >= 4 is 5.78 Å². The van der Waals surface area contributed by atoms with Crippen molar-refractivity contribution in [3.05, 3.63) is 29.6 Å². The Morgan fingerprint density at radius 3 is 2.55 bits per heavy atom. The number of hydrogen-bond acceptors (Lipinski definition) is 4. The fourth-order valence-electron chi connectivity index (χ4n) is 3.36. The number of aromatic nitrogens is 1. The topological polar surface area (TPSA) is 42.4 Å². The van der Waals surface area contributed by atoms with E-state index < -0.39 is 23.6 Å². The third kappa shape index (κ3) is 2.75. The molecule has 1 aromatic rings. The molecule has 2 aliphatic heterocycles. The summed E-state index contributed by atoms with van der Waals surface area (Å²) in [4.78, 5) is 18.1. The van der Waals surface area contributed by atoms with Crippen molar-refractivity contribution in [2.24, 2.45) is 5.92 Å². The maximum absolute atomic E-state index is 13.0. The number of piperidine rings is 1. The largest absolute Gasteiger partial charge is 0.434 e. The highest BCUT2D eigenvalue weighted by Crippen LogP contribution is 2.35. The number of halogens is 3. The molecule has 4 nitrogen and oxygen atoms in total. The lowest BCUT2D eigenvalue weighted by Crippen LogP contribution is -2.55. The molecule has 2 bridgehead atoms. The number of alkyl halides is 3. The van der Waals surface area contributed by atoms with Crippen LogP contribution < -0.4 is 0 Å². The van der Waals surface area contributed by atoms with Crippen LogP contribution in [0, 0.1) is 5.92 Å². The highest BCUT2D eigenvalue weighted by molar-refractivity contribution is 5.99. The third-order valence-electron chi connectivity index (χ3n) is 4.60. The number of nitrogens with zero attached hydrogens (tertiary/aromatic N) is 2. The summed E-state index contributed by atoms with van der Waals surface area (Å²) >= 11 is 0.